The summed E-state index contributed by atoms with van der Waals surface area (Å²) < 4.78 is 0. The molecule has 0 aliphatic heterocycles. The van der Waals surface area contributed by atoms with Crippen LogP contribution < -0.4 is 11.5 Å². The maximum Gasteiger partial charge on any atom is 0.248 e. The molecule has 3 aromatic rings. The van der Waals surface area contributed by atoms with E-state index in [-0.39, 0.29) is 0 Å². The number of hydrogen-bond donors (Lipinski definition) is 2. The Morgan fingerprint density at radius 2 is 1.41 bits per heavy atom. The third-order valence-corrected chi connectivity index (χ3v) is 3.61. The SMILES string of the molecule is NC(=O)c1cc(-c2ccccc2)c2cc(C(N)=O)ccc2c1. The topological polar surface area (TPSA) is 86.2 Å². The normalized spacial score (nSPS) is 10.5. The first-order chi connectivity index (χ1) is 10.6. The second-order valence-corrected chi connectivity index (χ2v) is 5.05. The first-order valence-corrected chi connectivity index (χ1v) is 6.79. The van der Waals surface area contributed by atoms with E-state index in [9.17, 15) is 9.59 Å². The molecule has 0 fully saturated rings. The summed E-state index contributed by atoms with van der Waals surface area (Å²) in [7, 11) is 0. The van der Waals surface area contributed by atoms with Crippen molar-refractivity contribution in [1.29, 1.82) is 0 Å². The van der Waals surface area contributed by atoms with Gasteiger partial charge in [-0.1, -0.05) is 36.4 Å². The number of amides is 2. The van der Waals surface area contributed by atoms with Crippen LogP contribution in [0.5, 0.6) is 0 Å². The molecule has 0 aromatic heterocycles. The minimum atomic E-state index is -0.488. The predicted octanol–water partition coefficient (Wildman–Crippen LogP) is 2.70. The second kappa shape index (κ2) is 5.33. The van der Waals surface area contributed by atoms with Gasteiger partial charge in [0.25, 0.3) is 0 Å². The molecule has 0 spiro atoms. The molecule has 0 unspecified atom stereocenters. The third kappa shape index (κ3) is 2.42. The maximum absolute atomic E-state index is 11.6. The predicted molar refractivity (Wildman–Crippen MR) is 86.4 cm³/mol. The summed E-state index contributed by atoms with van der Waals surface area (Å²) in [6, 6.07) is 18.2. The van der Waals surface area contributed by atoms with Crippen LogP contribution >= 0.6 is 0 Å². The summed E-state index contributed by atoms with van der Waals surface area (Å²) in [6.07, 6.45) is 0. The first kappa shape index (κ1) is 13.8. The lowest BCUT2D eigenvalue weighted by molar-refractivity contribution is 0.0991. The molecule has 22 heavy (non-hydrogen) atoms. The van der Waals surface area contributed by atoms with Crippen molar-refractivity contribution < 1.29 is 9.59 Å². The molecule has 0 aliphatic carbocycles. The van der Waals surface area contributed by atoms with Gasteiger partial charge in [-0.05, 0) is 46.2 Å². The summed E-state index contributed by atoms with van der Waals surface area (Å²) in [5.41, 5.74) is 13.4. The van der Waals surface area contributed by atoms with E-state index < -0.39 is 11.8 Å². The molecule has 4 heteroatoms. The molecule has 0 saturated carbocycles. The zero-order valence-electron chi connectivity index (χ0n) is 11.7. The van der Waals surface area contributed by atoms with E-state index in [0.29, 0.717) is 11.1 Å². The summed E-state index contributed by atoms with van der Waals surface area (Å²) in [6.45, 7) is 0. The molecule has 3 rings (SSSR count). The molecule has 0 atom stereocenters. The Morgan fingerprint density at radius 1 is 0.727 bits per heavy atom. The maximum atomic E-state index is 11.6. The van der Waals surface area contributed by atoms with E-state index in [4.69, 9.17) is 11.5 Å². The smallest absolute Gasteiger partial charge is 0.248 e. The molecular weight excluding hydrogens is 276 g/mol. The molecule has 3 aromatic carbocycles. The van der Waals surface area contributed by atoms with Gasteiger partial charge in [-0.25, -0.2) is 0 Å². The fourth-order valence-electron chi connectivity index (χ4n) is 2.51. The molecule has 108 valence electrons. The highest BCUT2D eigenvalue weighted by Crippen LogP contribution is 2.31. The van der Waals surface area contributed by atoms with Crippen molar-refractivity contribution in [1.82, 2.24) is 0 Å². The minimum Gasteiger partial charge on any atom is -0.366 e. The Labute approximate surface area is 127 Å². The fourth-order valence-corrected chi connectivity index (χ4v) is 2.51. The number of rotatable bonds is 3. The second-order valence-electron chi connectivity index (χ2n) is 5.05. The van der Waals surface area contributed by atoms with Crippen LogP contribution in [-0.4, -0.2) is 11.8 Å². The van der Waals surface area contributed by atoms with Crippen LogP contribution in [0.15, 0.2) is 60.7 Å². The van der Waals surface area contributed by atoms with Crippen LogP contribution in [0.25, 0.3) is 21.9 Å². The van der Waals surface area contributed by atoms with Gasteiger partial charge in [0.15, 0.2) is 0 Å². The van der Waals surface area contributed by atoms with Crippen LogP contribution in [0.4, 0.5) is 0 Å². The highest BCUT2D eigenvalue weighted by atomic mass is 16.1. The number of hydrogen-bond acceptors (Lipinski definition) is 2. The van der Waals surface area contributed by atoms with Gasteiger partial charge in [0.05, 0.1) is 0 Å². The molecule has 0 heterocycles. The lowest BCUT2D eigenvalue weighted by atomic mass is 9.94. The van der Waals surface area contributed by atoms with Gasteiger partial charge in [0.1, 0.15) is 0 Å². The summed E-state index contributed by atoms with van der Waals surface area (Å²) in [5, 5.41) is 1.69. The summed E-state index contributed by atoms with van der Waals surface area (Å²) in [4.78, 5) is 23.0. The van der Waals surface area contributed by atoms with Crippen molar-refractivity contribution in [3.63, 3.8) is 0 Å². The van der Waals surface area contributed by atoms with Crippen molar-refractivity contribution in [2.24, 2.45) is 11.5 Å². The monoisotopic (exact) mass is 290 g/mol. The highest BCUT2D eigenvalue weighted by Gasteiger charge is 2.11. The fraction of sp³-hybridized carbons (Fsp3) is 0. The van der Waals surface area contributed by atoms with E-state index in [1.54, 1.807) is 30.3 Å². The van der Waals surface area contributed by atoms with Gasteiger partial charge in [-0.2, -0.15) is 0 Å². The van der Waals surface area contributed by atoms with E-state index in [1.165, 1.54) is 0 Å². The van der Waals surface area contributed by atoms with E-state index in [0.717, 1.165) is 21.9 Å². The Morgan fingerprint density at radius 3 is 2.05 bits per heavy atom. The van der Waals surface area contributed by atoms with Gasteiger partial charge in [0.2, 0.25) is 11.8 Å². The zero-order valence-corrected chi connectivity index (χ0v) is 11.7. The van der Waals surface area contributed by atoms with Gasteiger partial charge in [-0.15, -0.1) is 0 Å². The number of fused-ring (bicyclic) bond motifs is 1. The number of carbonyl (C=O) groups excluding carboxylic acids is 2. The lowest BCUT2D eigenvalue weighted by Crippen LogP contribution is -2.12. The molecule has 0 aliphatic rings. The Bertz CT molecular complexity index is 886. The molecule has 0 saturated heterocycles. The van der Waals surface area contributed by atoms with E-state index in [1.807, 2.05) is 30.3 Å². The largest absolute Gasteiger partial charge is 0.366 e. The Kier molecular flexibility index (Phi) is 3.35. The van der Waals surface area contributed by atoms with Gasteiger partial charge in [-0.3, -0.25) is 9.59 Å². The lowest BCUT2D eigenvalue weighted by Gasteiger charge is -2.10. The summed E-state index contributed by atoms with van der Waals surface area (Å²) >= 11 is 0. The van der Waals surface area contributed by atoms with Crippen molar-refractivity contribution in [3.8, 4) is 11.1 Å². The minimum absolute atomic E-state index is 0.427. The van der Waals surface area contributed by atoms with Crippen molar-refractivity contribution in [2.75, 3.05) is 0 Å². The van der Waals surface area contributed by atoms with Crippen molar-refractivity contribution in [2.45, 2.75) is 0 Å². The van der Waals surface area contributed by atoms with E-state index >= 15 is 0 Å². The van der Waals surface area contributed by atoms with Gasteiger partial charge >= 0.3 is 0 Å². The van der Waals surface area contributed by atoms with Crippen molar-refractivity contribution in [3.05, 3.63) is 71.8 Å². The van der Waals surface area contributed by atoms with Crippen LogP contribution in [0.3, 0.4) is 0 Å². The molecule has 0 bridgehead atoms. The average molecular weight is 290 g/mol. The van der Waals surface area contributed by atoms with Gasteiger partial charge in [0, 0.05) is 11.1 Å². The van der Waals surface area contributed by atoms with Gasteiger partial charge < -0.3 is 11.5 Å². The standard InChI is InChI=1S/C18H14N2O2/c19-17(21)13-7-6-12-8-14(18(20)22)10-15(16(12)9-13)11-4-2-1-3-5-11/h1-10H,(H2,19,21)(H2,20,22). The van der Waals surface area contributed by atoms with Crippen LogP contribution in [0.2, 0.25) is 0 Å². The van der Waals surface area contributed by atoms with Crippen LogP contribution in [0, 0.1) is 0 Å². The molecule has 0 radical (unpaired) electrons. The first-order valence-electron chi connectivity index (χ1n) is 6.79. The molecule has 4 N–H and O–H groups in total. The van der Waals surface area contributed by atoms with Crippen LogP contribution in [0.1, 0.15) is 20.7 Å². The highest BCUT2D eigenvalue weighted by molar-refractivity contribution is 6.06. The number of primary amides is 2. The Hall–Kier alpha value is -3.14. The average Bonchev–Trinajstić information content (AvgIpc) is 2.54. The van der Waals surface area contributed by atoms with Crippen LogP contribution in [-0.2, 0) is 0 Å². The number of benzene rings is 3. The summed E-state index contributed by atoms with van der Waals surface area (Å²) in [5.74, 6) is -0.974. The van der Waals surface area contributed by atoms with E-state index in [2.05, 4.69) is 0 Å². The molecular formula is C18H14N2O2. The number of carbonyl (C=O) groups is 2. The zero-order chi connectivity index (χ0) is 15.7. The quantitative estimate of drug-likeness (QED) is 0.777. The number of nitrogens with two attached hydrogens (primary N) is 2. The molecule has 4 nitrogen and oxygen atoms in total. The Balaban J connectivity index is 2.37. The van der Waals surface area contributed by atoms with Crippen molar-refractivity contribution >= 4 is 22.6 Å². The third-order valence-electron chi connectivity index (χ3n) is 3.61. The molecule has 2 amide bonds.